The number of phosphoric ester groups is 1. The number of aliphatic hydroxyl groups is 1. The number of carbonyl (C=O) groups is 3. The number of rotatable bonds is 40. The fourth-order valence-electron chi connectivity index (χ4n) is 5.87. The molecular formula is C42H78NO10P. The molecule has 3 atom stereocenters. The van der Waals surface area contributed by atoms with E-state index in [0.717, 1.165) is 57.8 Å². The van der Waals surface area contributed by atoms with Gasteiger partial charge < -0.3 is 25.2 Å². The molecule has 0 saturated carbocycles. The van der Waals surface area contributed by atoms with Gasteiger partial charge in [-0.1, -0.05) is 160 Å². The first-order valence-electron chi connectivity index (χ1n) is 21.4. The average Bonchev–Trinajstić information content (AvgIpc) is 3.14. The number of esters is 1. The number of carboxylic acids is 1. The van der Waals surface area contributed by atoms with E-state index in [-0.39, 0.29) is 12.8 Å². The van der Waals surface area contributed by atoms with Crippen LogP contribution in [0.3, 0.4) is 0 Å². The third kappa shape index (κ3) is 36.9. The standard InChI is InChI=1S/C42H78NO10P/c1-3-5-7-9-11-13-15-16-17-18-19-20-21-22-24-25-27-29-31-33-40(45)43-39(42(47)48)37-53-54(49,50)52-36-38(44)35-51-41(46)34-32-30-28-26-23-14-12-10-8-6-4-2/h11,13,16-17,38-39,44H,3-10,12,14-15,18-37H2,1-2H3,(H,43,45)(H,47,48)(H,49,50)/b13-11-,17-16-. The number of aliphatic hydroxyl groups excluding tert-OH is 1. The Hall–Kier alpha value is -2.04. The van der Waals surface area contributed by atoms with E-state index in [1.165, 1.54) is 96.3 Å². The van der Waals surface area contributed by atoms with Crippen LogP contribution in [0, 0.1) is 0 Å². The monoisotopic (exact) mass is 788 g/mol. The number of nitrogens with one attached hydrogen (secondary N) is 1. The molecule has 0 spiro atoms. The molecule has 0 aliphatic rings. The highest BCUT2D eigenvalue weighted by Crippen LogP contribution is 2.43. The fraction of sp³-hybridized carbons (Fsp3) is 0.833. The smallest absolute Gasteiger partial charge is 0.472 e. The molecule has 0 rings (SSSR count). The Morgan fingerprint density at radius 1 is 0.593 bits per heavy atom. The normalized spacial score (nSPS) is 14.0. The van der Waals surface area contributed by atoms with Gasteiger partial charge in [-0.3, -0.25) is 18.6 Å². The summed E-state index contributed by atoms with van der Waals surface area (Å²) in [6.07, 6.45) is 37.7. The maximum atomic E-state index is 12.3. The summed E-state index contributed by atoms with van der Waals surface area (Å²) in [4.78, 5) is 45.8. The number of unbranched alkanes of at least 4 members (excludes halogenated alkanes) is 22. The van der Waals surface area contributed by atoms with Crippen LogP contribution in [-0.4, -0.2) is 64.9 Å². The second kappa shape index (κ2) is 37.9. The first-order valence-corrected chi connectivity index (χ1v) is 22.9. The number of hydrogen-bond acceptors (Lipinski definition) is 8. The highest BCUT2D eigenvalue weighted by Gasteiger charge is 2.28. The van der Waals surface area contributed by atoms with Gasteiger partial charge in [0, 0.05) is 12.8 Å². The van der Waals surface area contributed by atoms with Gasteiger partial charge in [-0.15, -0.1) is 0 Å². The SMILES string of the molecule is CCCCC/C=C\C/C=C\CCCCCCCCCCCC(=O)NC(COP(=O)(O)OCC(O)COC(=O)CCCCCCCCCCCCC)C(=O)O. The molecule has 12 heteroatoms. The van der Waals surface area contributed by atoms with Crippen molar-refractivity contribution in [3.05, 3.63) is 24.3 Å². The van der Waals surface area contributed by atoms with E-state index in [0.29, 0.717) is 12.8 Å². The second-order valence-corrected chi connectivity index (χ2v) is 16.0. The van der Waals surface area contributed by atoms with E-state index in [1.807, 2.05) is 0 Å². The van der Waals surface area contributed by atoms with Gasteiger partial charge in [0.1, 0.15) is 12.7 Å². The number of amides is 1. The number of hydrogen-bond donors (Lipinski definition) is 4. The van der Waals surface area contributed by atoms with Crippen molar-refractivity contribution in [1.29, 1.82) is 0 Å². The van der Waals surface area contributed by atoms with Gasteiger partial charge in [0.05, 0.1) is 13.2 Å². The van der Waals surface area contributed by atoms with Crippen LogP contribution in [0.15, 0.2) is 24.3 Å². The van der Waals surface area contributed by atoms with E-state index in [1.54, 1.807) is 0 Å². The minimum atomic E-state index is -4.75. The average molecular weight is 788 g/mol. The molecule has 0 aromatic carbocycles. The first kappa shape index (κ1) is 52.0. The predicted octanol–water partition coefficient (Wildman–Crippen LogP) is 10.7. The molecule has 0 aromatic heterocycles. The molecule has 3 unspecified atom stereocenters. The Morgan fingerprint density at radius 2 is 1.02 bits per heavy atom. The summed E-state index contributed by atoms with van der Waals surface area (Å²) >= 11 is 0. The number of carbonyl (C=O) groups excluding carboxylic acids is 2. The lowest BCUT2D eigenvalue weighted by Crippen LogP contribution is -2.43. The number of ether oxygens (including phenoxy) is 1. The van der Waals surface area contributed by atoms with Crippen LogP contribution < -0.4 is 5.32 Å². The van der Waals surface area contributed by atoms with Crippen molar-refractivity contribution in [1.82, 2.24) is 5.32 Å². The molecule has 0 saturated heterocycles. The van der Waals surface area contributed by atoms with Gasteiger partial charge in [0.2, 0.25) is 5.91 Å². The van der Waals surface area contributed by atoms with Gasteiger partial charge in [0.25, 0.3) is 0 Å². The molecule has 316 valence electrons. The Bertz CT molecular complexity index is 1020. The summed E-state index contributed by atoms with van der Waals surface area (Å²) in [5.41, 5.74) is 0. The van der Waals surface area contributed by atoms with E-state index in [2.05, 4.69) is 43.5 Å². The zero-order chi connectivity index (χ0) is 40.0. The largest absolute Gasteiger partial charge is 0.480 e. The first-order chi connectivity index (χ1) is 26.1. The number of allylic oxidation sites excluding steroid dienone is 4. The van der Waals surface area contributed by atoms with Crippen molar-refractivity contribution in [3.63, 3.8) is 0 Å². The lowest BCUT2D eigenvalue weighted by molar-refractivity contribution is -0.147. The molecule has 0 fully saturated rings. The van der Waals surface area contributed by atoms with Crippen LogP contribution in [0.2, 0.25) is 0 Å². The number of aliphatic carboxylic acids is 1. The van der Waals surface area contributed by atoms with Gasteiger partial charge in [-0.05, 0) is 44.9 Å². The second-order valence-electron chi connectivity index (χ2n) is 14.5. The third-order valence-corrected chi connectivity index (χ3v) is 10.2. The number of phosphoric acid groups is 1. The van der Waals surface area contributed by atoms with Crippen LogP contribution in [0.4, 0.5) is 0 Å². The van der Waals surface area contributed by atoms with Crippen molar-refractivity contribution >= 4 is 25.7 Å². The van der Waals surface area contributed by atoms with Gasteiger partial charge in [-0.2, -0.15) is 0 Å². The zero-order valence-corrected chi connectivity index (χ0v) is 34.9. The maximum absolute atomic E-state index is 12.3. The minimum Gasteiger partial charge on any atom is -0.480 e. The molecule has 11 nitrogen and oxygen atoms in total. The summed E-state index contributed by atoms with van der Waals surface area (Å²) in [5.74, 6) is -2.37. The Kier molecular flexibility index (Phi) is 36.4. The zero-order valence-electron chi connectivity index (χ0n) is 34.0. The molecule has 0 aliphatic heterocycles. The van der Waals surface area contributed by atoms with E-state index < -0.39 is 57.6 Å². The summed E-state index contributed by atoms with van der Waals surface area (Å²) in [7, 11) is -4.75. The van der Waals surface area contributed by atoms with Crippen LogP contribution in [0.25, 0.3) is 0 Å². The van der Waals surface area contributed by atoms with E-state index in [4.69, 9.17) is 13.8 Å². The maximum Gasteiger partial charge on any atom is 0.472 e. The van der Waals surface area contributed by atoms with Gasteiger partial charge in [0.15, 0.2) is 6.04 Å². The minimum absolute atomic E-state index is 0.142. The molecule has 4 N–H and O–H groups in total. The molecule has 0 radical (unpaired) electrons. The topological polar surface area (TPSA) is 169 Å². The summed E-state index contributed by atoms with van der Waals surface area (Å²) < 4.78 is 26.8. The molecule has 0 heterocycles. The van der Waals surface area contributed by atoms with Crippen molar-refractivity contribution in [3.8, 4) is 0 Å². The van der Waals surface area contributed by atoms with Crippen LogP contribution in [0.1, 0.15) is 194 Å². The van der Waals surface area contributed by atoms with Crippen molar-refractivity contribution < 1.29 is 47.8 Å². The Morgan fingerprint density at radius 3 is 1.54 bits per heavy atom. The highest BCUT2D eigenvalue weighted by atomic mass is 31.2. The lowest BCUT2D eigenvalue weighted by atomic mass is 10.1. The number of carboxylic acid groups (broad SMARTS) is 1. The Balaban J connectivity index is 3.91. The molecular weight excluding hydrogens is 709 g/mol. The third-order valence-electron chi connectivity index (χ3n) is 9.24. The van der Waals surface area contributed by atoms with Crippen LogP contribution in [-0.2, 0) is 32.7 Å². The molecule has 1 amide bonds. The van der Waals surface area contributed by atoms with Gasteiger partial charge >= 0.3 is 19.8 Å². The summed E-state index contributed by atoms with van der Waals surface area (Å²) in [6.45, 7) is 2.56. The lowest BCUT2D eigenvalue weighted by Gasteiger charge is -2.18. The van der Waals surface area contributed by atoms with Crippen LogP contribution in [0.5, 0.6) is 0 Å². The quantitative estimate of drug-likeness (QED) is 0.0203. The van der Waals surface area contributed by atoms with E-state index in [9.17, 15) is 34.1 Å². The van der Waals surface area contributed by atoms with Crippen molar-refractivity contribution in [2.75, 3.05) is 19.8 Å². The molecule has 0 bridgehead atoms. The Labute approximate surface area is 328 Å². The predicted molar refractivity (Wildman–Crippen MR) is 217 cm³/mol. The van der Waals surface area contributed by atoms with E-state index >= 15 is 0 Å². The summed E-state index contributed by atoms with van der Waals surface area (Å²) in [6, 6.07) is -1.55. The van der Waals surface area contributed by atoms with Crippen LogP contribution >= 0.6 is 7.82 Å². The fourth-order valence-corrected chi connectivity index (χ4v) is 6.65. The molecule has 0 aromatic rings. The summed E-state index contributed by atoms with van der Waals surface area (Å²) in [5, 5.41) is 21.8. The molecule has 0 aliphatic carbocycles. The van der Waals surface area contributed by atoms with Gasteiger partial charge in [-0.25, -0.2) is 9.36 Å². The van der Waals surface area contributed by atoms with Crippen molar-refractivity contribution in [2.45, 2.75) is 206 Å². The van der Waals surface area contributed by atoms with Crippen molar-refractivity contribution in [2.24, 2.45) is 0 Å². The molecule has 54 heavy (non-hydrogen) atoms. The highest BCUT2D eigenvalue weighted by molar-refractivity contribution is 7.47.